The number of carbonyl (C=O) groups is 1. The lowest BCUT2D eigenvalue weighted by atomic mass is 10.1. The van der Waals surface area contributed by atoms with E-state index in [-0.39, 0.29) is 11.1 Å². The van der Waals surface area contributed by atoms with E-state index in [2.05, 4.69) is 0 Å². The molecule has 1 rings (SSSR count). The van der Waals surface area contributed by atoms with Crippen molar-refractivity contribution in [2.75, 3.05) is 7.11 Å². The van der Waals surface area contributed by atoms with E-state index >= 15 is 0 Å². The minimum absolute atomic E-state index is 0.114. The van der Waals surface area contributed by atoms with E-state index in [1.165, 1.54) is 19.2 Å². The van der Waals surface area contributed by atoms with E-state index in [9.17, 15) is 4.79 Å². The third-order valence-electron chi connectivity index (χ3n) is 1.67. The molecular formula is C9H6INO3. The summed E-state index contributed by atoms with van der Waals surface area (Å²) in [5.74, 6) is -0.657. The Morgan fingerprint density at radius 1 is 1.64 bits per heavy atom. The summed E-state index contributed by atoms with van der Waals surface area (Å²) >= 11 is 1.82. The van der Waals surface area contributed by atoms with Crippen LogP contribution in [0.3, 0.4) is 0 Å². The number of hydrogen-bond donors (Lipinski definition) is 1. The largest absolute Gasteiger partial charge is 0.495 e. The molecular weight excluding hydrogens is 297 g/mol. The number of nitriles is 1. The highest BCUT2D eigenvalue weighted by atomic mass is 127. The highest BCUT2D eigenvalue weighted by molar-refractivity contribution is 14.1. The van der Waals surface area contributed by atoms with E-state index in [4.69, 9.17) is 15.1 Å². The van der Waals surface area contributed by atoms with Gasteiger partial charge >= 0.3 is 5.97 Å². The van der Waals surface area contributed by atoms with Crippen LogP contribution in [0.25, 0.3) is 0 Å². The topological polar surface area (TPSA) is 70.3 Å². The van der Waals surface area contributed by atoms with Gasteiger partial charge in [-0.15, -0.1) is 0 Å². The number of hydrogen-bond acceptors (Lipinski definition) is 3. The molecule has 0 aliphatic carbocycles. The fourth-order valence-electron chi connectivity index (χ4n) is 0.998. The SMILES string of the molecule is COc1ccc(C(=O)O)c(I)c1C#N. The number of aromatic carboxylic acids is 1. The molecule has 0 unspecified atom stereocenters. The minimum Gasteiger partial charge on any atom is -0.495 e. The summed E-state index contributed by atoms with van der Waals surface area (Å²) in [4.78, 5) is 10.7. The number of ether oxygens (including phenoxy) is 1. The monoisotopic (exact) mass is 303 g/mol. The molecule has 1 aromatic rings. The average Bonchev–Trinajstić information content (AvgIpc) is 2.16. The van der Waals surface area contributed by atoms with E-state index in [0.717, 1.165) is 0 Å². The molecule has 0 bridgehead atoms. The fraction of sp³-hybridized carbons (Fsp3) is 0.111. The molecule has 1 aromatic carbocycles. The molecule has 0 atom stereocenters. The van der Waals surface area contributed by atoms with Gasteiger partial charge in [-0.05, 0) is 34.7 Å². The van der Waals surface area contributed by atoms with Crippen LogP contribution in [0.15, 0.2) is 12.1 Å². The van der Waals surface area contributed by atoms with Crippen LogP contribution in [-0.2, 0) is 0 Å². The maximum absolute atomic E-state index is 10.7. The summed E-state index contributed by atoms with van der Waals surface area (Å²) in [6.07, 6.45) is 0. The fourth-order valence-corrected chi connectivity index (χ4v) is 1.79. The van der Waals surface area contributed by atoms with Gasteiger partial charge in [-0.1, -0.05) is 0 Å². The van der Waals surface area contributed by atoms with Crippen molar-refractivity contribution in [2.24, 2.45) is 0 Å². The Balaban J connectivity index is 3.44. The summed E-state index contributed by atoms with van der Waals surface area (Å²) in [7, 11) is 1.44. The molecule has 0 aromatic heterocycles. The van der Waals surface area contributed by atoms with Crippen molar-refractivity contribution >= 4 is 28.6 Å². The summed E-state index contributed by atoms with van der Waals surface area (Å²) in [5, 5.41) is 17.6. The molecule has 0 radical (unpaired) electrons. The van der Waals surface area contributed by atoms with E-state index in [1.807, 2.05) is 28.7 Å². The number of benzene rings is 1. The highest BCUT2D eigenvalue weighted by Crippen LogP contribution is 2.26. The van der Waals surface area contributed by atoms with Crippen molar-refractivity contribution in [2.45, 2.75) is 0 Å². The van der Waals surface area contributed by atoms with Crippen molar-refractivity contribution in [3.63, 3.8) is 0 Å². The van der Waals surface area contributed by atoms with Crippen LogP contribution in [0.4, 0.5) is 0 Å². The maximum atomic E-state index is 10.7. The van der Waals surface area contributed by atoms with Gasteiger partial charge in [-0.2, -0.15) is 5.26 Å². The normalized spacial score (nSPS) is 9.21. The lowest BCUT2D eigenvalue weighted by molar-refractivity contribution is 0.0695. The van der Waals surface area contributed by atoms with Gasteiger partial charge in [0.05, 0.1) is 12.7 Å². The van der Waals surface area contributed by atoms with Crippen LogP contribution >= 0.6 is 22.6 Å². The summed E-state index contributed by atoms with van der Waals surface area (Å²) in [6, 6.07) is 4.81. The first-order chi connectivity index (χ1) is 6.61. The first-order valence-electron chi connectivity index (χ1n) is 3.61. The highest BCUT2D eigenvalue weighted by Gasteiger charge is 2.15. The van der Waals surface area contributed by atoms with E-state index < -0.39 is 5.97 Å². The number of rotatable bonds is 2. The molecule has 0 aliphatic heterocycles. The van der Waals surface area contributed by atoms with Gasteiger partial charge in [-0.3, -0.25) is 0 Å². The van der Waals surface area contributed by atoms with Crippen LogP contribution in [0.5, 0.6) is 5.75 Å². The van der Waals surface area contributed by atoms with Crippen molar-refractivity contribution < 1.29 is 14.6 Å². The molecule has 5 heteroatoms. The molecule has 0 spiro atoms. The van der Waals surface area contributed by atoms with Gasteiger partial charge in [0.1, 0.15) is 17.4 Å². The predicted octanol–water partition coefficient (Wildman–Crippen LogP) is 1.87. The Bertz CT molecular complexity index is 423. The molecule has 14 heavy (non-hydrogen) atoms. The number of halogens is 1. The van der Waals surface area contributed by atoms with Crippen LogP contribution in [0.2, 0.25) is 0 Å². The quantitative estimate of drug-likeness (QED) is 0.847. The number of carboxylic acid groups (broad SMARTS) is 1. The molecule has 0 saturated heterocycles. The molecule has 0 aliphatic rings. The van der Waals surface area contributed by atoms with Crippen LogP contribution in [0, 0.1) is 14.9 Å². The van der Waals surface area contributed by atoms with Crippen molar-refractivity contribution in [1.82, 2.24) is 0 Å². The molecule has 0 heterocycles. The van der Waals surface area contributed by atoms with Gasteiger partial charge < -0.3 is 9.84 Å². The van der Waals surface area contributed by atoms with Crippen LogP contribution in [0.1, 0.15) is 15.9 Å². The lowest BCUT2D eigenvalue weighted by Crippen LogP contribution is -2.02. The minimum atomic E-state index is -1.05. The molecule has 0 saturated carbocycles. The summed E-state index contributed by atoms with van der Waals surface area (Å²) in [5.41, 5.74) is 0.371. The Labute approximate surface area is 94.2 Å². The van der Waals surface area contributed by atoms with E-state index in [0.29, 0.717) is 9.32 Å². The lowest BCUT2D eigenvalue weighted by Gasteiger charge is -2.06. The molecule has 0 amide bonds. The maximum Gasteiger partial charge on any atom is 0.336 e. The van der Waals surface area contributed by atoms with Gasteiger partial charge in [0.2, 0.25) is 0 Å². The zero-order valence-corrected chi connectivity index (χ0v) is 9.40. The van der Waals surface area contributed by atoms with Gasteiger partial charge in [0.25, 0.3) is 0 Å². The second-order valence-electron chi connectivity index (χ2n) is 2.42. The Kier molecular flexibility index (Phi) is 3.30. The summed E-state index contributed by atoms with van der Waals surface area (Å²) in [6.45, 7) is 0. The zero-order chi connectivity index (χ0) is 10.7. The Morgan fingerprint density at radius 3 is 2.71 bits per heavy atom. The molecule has 4 nitrogen and oxygen atoms in total. The number of nitrogens with zero attached hydrogens (tertiary/aromatic N) is 1. The third kappa shape index (κ3) is 1.80. The van der Waals surface area contributed by atoms with E-state index in [1.54, 1.807) is 0 Å². The number of methoxy groups -OCH3 is 1. The predicted molar refractivity (Wildman–Crippen MR) is 57.4 cm³/mol. The van der Waals surface area contributed by atoms with Crippen LogP contribution in [-0.4, -0.2) is 18.2 Å². The standard InChI is InChI=1S/C9H6INO3/c1-14-7-3-2-5(9(12)13)8(10)6(7)4-11/h2-3H,1H3,(H,12,13). The number of carboxylic acids is 1. The van der Waals surface area contributed by atoms with Crippen molar-refractivity contribution in [3.05, 3.63) is 26.8 Å². The van der Waals surface area contributed by atoms with Crippen molar-refractivity contribution in [3.8, 4) is 11.8 Å². The first kappa shape index (κ1) is 10.8. The molecule has 72 valence electrons. The van der Waals surface area contributed by atoms with Gasteiger partial charge in [0, 0.05) is 3.57 Å². The average molecular weight is 303 g/mol. The smallest absolute Gasteiger partial charge is 0.336 e. The van der Waals surface area contributed by atoms with Crippen molar-refractivity contribution in [1.29, 1.82) is 5.26 Å². The summed E-state index contributed by atoms with van der Waals surface area (Å²) < 4.78 is 5.33. The second-order valence-corrected chi connectivity index (χ2v) is 3.50. The van der Waals surface area contributed by atoms with Gasteiger partial charge in [-0.25, -0.2) is 4.79 Å². The molecule has 1 N–H and O–H groups in total. The zero-order valence-electron chi connectivity index (χ0n) is 7.24. The second kappa shape index (κ2) is 4.28. The van der Waals surface area contributed by atoms with Gasteiger partial charge in [0.15, 0.2) is 0 Å². The van der Waals surface area contributed by atoms with Crippen LogP contribution < -0.4 is 4.74 Å². The first-order valence-corrected chi connectivity index (χ1v) is 4.69. The third-order valence-corrected chi connectivity index (χ3v) is 2.79. The Morgan fingerprint density at radius 2 is 2.29 bits per heavy atom. The molecule has 0 fully saturated rings. The Hall–Kier alpha value is -1.29.